The maximum Gasteiger partial charge on any atom is 0.268 e. The summed E-state index contributed by atoms with van der Waals surface area (Å²) in [6.07, 6.45) is 2.96. The Morgan fingerprint density at radius 2 is 1.74 bits per heavy atom. The molecular weight excluding hydrogens is 534 g/mol. The van der Waals surface area contributed by atoms with Gasteiger partial charge in [0, 0.05) is 29.8 Å². The molecule has 1 saturated heterocycles. The summed E-state index contributed by atoms with van der Waals surface area (Å²) in [5.41, 5.74) is 1.97. The topological polar surface area (TPSA) is 149 Å². The second-order valence-corrected chi connectivity index (χ2v) is 11.0. The lowest BCUT2D eigenvalue weighted by molar-refractivity contribution is -0.131. The Bertz CT molecular complexity index is 1370. The molecule has 0 saturated carbocycles. The molecule has 0 spiro atoms. The van der Waals surface area contributed by atoms with E-state index in [1.54, 1.807) is 6.07 Å². The maximum atomic E-state index is 13.6. The fourth-order valence-electron chi connectivity index (χ4n) is 5.20. The quantitative estimate of drug-likeness (QED) is 0.188. The van der Waals surface area contributed by atoms with Crippen molar-refractivity contribution >= 4 is 40.8 Å². The van der Waals surface area contributed by atoms with Crippen LogP contribution in [0.4, 0.5) is 0 Å². The van der Waals surface area contributed by atoms with Crippen molar-refractivity contribution in [1.29, 1.82) is 0 Å². The lowest BCUT2D eigenvalue weighted by atomic mass is 9.96. The van der Waals surface area contributed by atoms with Crippen LogP contribution in [0.25, 0.3) is 10.9 Å². The molecule has 4 rings (SSSR count). The van der Waals surface area contributed by atoms with Gasteiger partial charge in [-0.05, 0) is 42.9 Å². The predicted octanol–water partition coefficient (Wildman–Crippen LogP) is 2.64. The molecule has 1 fully saturated rings. The molecule has 1 aliphatic rings. The third-order valence-corrected chi connectivity index (χ3v) is 7.95. The van der Waals surface area contributed by atoms with Crippen LogP contribution in [0.15, 0.2) is 60.7 Å². The Morgan fingerprint density at radius 1 is 1.00 bits per heavy atom. The van der Waals surface area contributed by atoms with Crippen molar-refractivity contribution in [3.63, 3.8) is 0 Å². The number of benzene rings is 2. The Hall–Kier alpha value is -4.47. The molecule has 1 unspecified atom stereocenters. The number of aromatic nitrogens is 1. The number of aldehydes is 1. The Labute approximate surface area is 245 Å². The molecule has 0 aliphatic carbocycles. The van der Waals surface area contributed by atoms with Crippen LogP contribution in [0.3, 0.4) is 0 Å². The summed E-state index contributed by atoms with van der Waals surface area (Å²) < 4.78 is 0. The number of aromatic amines is 1. The van der Waals surface area contributed by atoms with Crippen molar-refractivity contribution in [2.75, 3.05) is 6.54 Å². The number of amides is 4. The third-order valence-electron chi connectivity index (χ3n) is 7.95. The highest BCUT2D eigenvalue weighted by molar-refractivity contribution is 6.00. The summed E-state index contributed by atoms with van der Waals surface area (Å²) in [6.45, 7) is 4.40. The number of para-hydroxylation sites is 1. The van der Waals surface area contributed by atoms with Crippen LogP contribution >= 0.6 is 0 Å². The number of nitrogens with one attached hydrogen (secondary N) is 5. The van der Waals surface area contributed by atoms with Gasteiger partial charge in [0.1, 0.15) is 24.1 Å². The van der Waals surface area contributed by atoms with Crippen molar-refractivity contribution in [3.05, 3.63) is 71.9 Å². The number of hydrogen-bond donors (Lipinski definition) is 5. The standard InChI is InChI=1S/C32H39N5O5/c1-3-20(2)28(37-31(41)27-18-23-11-7-8-12-25(23)35-27)32(42)36-26(17-21-9-5-4-6-10-21)30(40)34-24(19-38)14-13-22-15-16-33-29(22)39/h4-12,18-20,22,24,26,28,35H,3,13-17H2,1-2H3,(H,33,39)(H,34,40)(H,36,42)(H,37,41)/t20?,22-,24+,26+,28+/m1/s1. The molecular formula is C32H39N5O5. The minimum absolute atomic E-state index is 0.0363. The molecule has 5 atom stereocenters. The number of carbonyl (C=O) groups is 5. The van der Waals surface area contributed by atoms with Gasteiger partial charge in [-0.1, -0.05) is 68.8 Å². The van der Waals surface area contributed by atoms with Crippen LogP contribution in [0, 0.1) is 11.8 Å². The highest BCUT2D eigenvalue weighted by Crippen LogP contribution is 2.18. The lowest BCUT2D eigenvalue weighted by Gasteiger charge is -2.27. The Morgan fingerprint density at radius 3 is 2.40 bits per heavy atom. The van der Waals surface area contributed by atoms with Crippen LogP contribution in [0.1, 0.15) is 55.6 Å². The number of hydrogen-bond acceptors (Lipinski definition) is 5. The van der Waals surface area contributed by atoms with Gasteiger partial charge in [0.25, 0.3) is 5.91 Å². The fourth-order valence-corrected chi connectivity index (χ4v) is 5.20. The highest BCUT2D eigenvalue weighted by atomic mass is 16.2. The first-order valence-corrected chi connectivity index (χ1v) is 14.5. The summed E-state index contributed by atoms with van der Waals surface area (Å²) in [5, 5.41) is 12.1. The molecule has 0 radical (unpaired) electrons. The normalized spacial score (nSPS) is 17.5. The van der Waals surface area contributed by atoms with Gasteiger partial charge in [-0.15, -0.1) is 0 Å². The Balaban J connectivity index is 1.47. The van der Waals surface area contributed by atoms with E-state index >= 15 is 0 Å². The molecule has 4 amide bonds. The molecule has 222 valence electrons. The van der Waals surface area contributed by atoms with E-state index in [2.05, 4.69) is 26.3 Å². The van der Waals surface area contributed by atoms with Gasteiger partial charge in [0.2, 0.25) is 17.7 Å². The molecule has 1 aliphatic heterocycles. The van der Waals surface area contributed by atoms with Gasteiger partial charge in [0.05, 0.1) is 6.04 Å². The van der Waals surface area contributed by atoms with Crippen LogP contribution in [0.5, 0.6) is 0 Å². The molecule has 2 heterocycles. The van der Waals surface area contributed by atoms with Crippen LogP contribution in [0.2, 0.25) is 0 Å². The number of carbonyl (C=O) groups excluding carboxylic acids is 5. The van der Waals surface area contributed by atoms with Crippen molar-refractivity contribution < 1.29 is 24.0 Å². The monoisotopic (exact) mass is 573 g/mol. The van der Waals surface area contributed by atoms with Crippen LogP contribution in [-0.2, 0) is 25.6 Å². The first-order chi connectivity index (χ1) is 20.3. The van der Waals surface area contributed by atoms with Crippen molar-refractivity contribution in [3.8, 4) is 0 Å². The minimum atomic E-state index is -0.992. The second-order valence-electron chi connectivity index (χ2n) is 11.0. The van der Waals surface area contributed by atoms with Gasteiger partial charge in [0.15, 0.2) is 0 Å². The van der Waals surface area contributed by atoms with E-state index in [0.717, 1.165) is 16.5 Å². The van der Waals surface area contributed by atoms with E-state index in [-0.39, 0.29) is 24.2 Å². The average Bonchev–Trinajstić information content (AvgIpc) is 3.63. The van der Waals surface area contributed by atoms with E-state index in [0.29, 0.717) is 44.2 Å². The SMILES string of the molecule is CCC(C)[C@H](NC(=O)c1cc2ccccc2[nH]1)C(=O)N[C@@H](Cc1ccccc1)C(=O)N[C@H](C=O)CC[C@@H]1CCNC1=O. The van der Waals surface area contributed by atoms with E-state index in [4.69, 9.17) is 0 Å². The number of H-pyrrole nitrogens is 1. The van der Waals surface area contributed by atoms with Gasteiger partial charge < -0.3 is 31.0 Å². The molecule has 42 heavy (non-hydrogen) atoms. The molecule has 5 N–H and O–H groups in total. The summed E-state index contributed by atoms with van der Waals surface area (Å²) >= 11 is 0. The number of rotatable bonds is 14. The van der Waals surface area contributed by atoms with Crippen molar-refractivity contribution in [2.24, 2.45) is 11.8 Å². The van der Waals surface area contributed by atoms with E-state index in [9.17, 15) is 24.0 Å². The molecule has 3 aromatic rings. The first-order valence-electron chi connectivity index (χ1n) is 14.5. The van der Waals surface area contributed by atoms with Crippen LogP contribution < -0.4 is 21.3 Å². The zero-order valence-corrected chi connectivity index (χ0v) is 24.0. The summed E-state index contributed by atoms with van der Waals surface area (Å²) in [5.74, 6) is -1.86. The van der Waals surface area contributed by atoms with E-state index in [1.807, 2.05) is 68.4 Å². The van der Waals surface area contributed by atoms with Gasteiger partial charge in [-0.3, -0.25) is 19.2 Å². The van der Waals surface area contributed by atoms with Gasteiger partial charge in [-0.25, -0.2) is 0 Å². The largest absolute Gasteiger partial charge is 0.356 e. The number of fused-ring (bicyclic) bond motifs is 1. The molecule has 10 nitrogen and oxygen atoms in total. The minimum Gasteiger partial charge on any atom is -0.356 e. The zero-order valence-electron chi connectivity index (χ0n) is 24.0. The molecule has 1 aromatic heterocycles. The zero-order chi connectivity index (χ0) is 30.1. The Kier molecular flexibility index (Phi) is 10.5. The predicted molar refractivity (Wildman–Crippen MR) is 159 cm³/mol. The smallest absolute Gasteiger partial charge is 0.268 e. The highest BCUT2D eigenvalue weighted by Gasteiger charge is 2.32. The van der Waals surface area contributed by atoms with E-state index in [1.165, 1.54) is 0 Å². The van der Waals surface area contributed by atoms with Crippen molar-refractivity contribution in [2.45, 2.75) is 64.1 Å². The lowest BCUT2D eigenvalue weighted by Crippen LogP contribution is -2.57. The van der Waals surface area contributed by atoms with Gasteiger partial charge >= 0.3 is 0 Å². The van der Waals surface area contributed by atoms with Gasteiger partial charge in [-0.2, -0.15) is 0 Å². The summed E-state index contributed by atoms with van der Waals surface area (Å²) in [7, 11) is 0. The molecule has 10 heteroatoms. The first kappa shape index (κ1) is 30.5. The maximum absolute atomic E-state index is 13.6. The third kappa shape index (κ3) is 7.84. The second kappa shape index (κ2) is 14.4. The molecule has 0 bridgehead atoms. The fraction of sp³-hybridized carbons (Fsp3) is 0.406. The van der Waals surface area contributed by atoms with Crippen LogP contribution in [-0.4, -0.2) is 59.6 Å². The average molecular weight is 574 g/mol. The summed E-state index contributed by atoms with van der Waals surface area (Å²) in [4.78, 5) is 67.1. The van der Waals surface area contributed by atoms with Crippen molar-refractivity contribution in [1.82, 2.24) is 26.3 Å². The molecule has 2 aromatic carbocycles. The van der Waals surface area contributed by atoms with E-state index < -0.39 is 35.8 Å². The summed E-state index contributed by atoms with van der Waals surface area (Å²) in [6, 6.07) is 15.8.